The molecule has 2 unspecified atom stereocenters. The van der Waals surface area contributed by atoms with Gasteiger partial charge in [0.25, 0.3) is 0 Å². The minimum atomic E-state index is -0.415. The van der Waals surface area contributed by atoms with Gasteiger partial charge in [0.05, 0.1) is 16.4 Å². The van der Waals surface area contributed by atoms with E-state index in [0.717, 1.165) is 80.7 Å². The molecule has 0 amide bonds. The van der Waals surface area contributed by atoms with Gasteiger partial charge in [0, 0.05) is 55.1 Å². The van der Waals surface area contributed by atoms with Gasteiger partial charge in [-0.15, -0.1) is 0 Å². The maximum atomic E-state index is 16.6. The molecule has 1 aromatic carbocycles. The van der Waals surface area contributed by atoms with E-state index in [1.807, 2.05) is 18.3 Å². The zero-order valence-electron chi connectivity index (χ0n) is 23.1. The Morgan fingerprint density at radius 2 is 1.88 bits per heavy atom. The van der Waals surface area contributed by atoms with Crippen molar-refractivity contribution in [3.05, 3.63) is 42.5 Å². The zero-order chi connectivity index (χ0) is 26.8. The highest BCUT2D eigenvalue weighted by molar-refractivity contribution is 5.97. The molecule has 208 valence electrons. The van der Waals surface area contributed by atoms with Crippen molar-refractivity contribution in [1.82, 2.24) is 29.7 Å². The van der Waals surface area contributed by atoms with Gasteiger partial charge in [-0.3, -0.25) is 9.88 Å². The maximum absolute atomic E-state index is 16.6. The van der Waals surface area contributed by atoms with E-state index >= 15 is 4.39 Å². The molecule has 8 rings (SSSR count). The smallest absolute Gasteiger partial charge is 0.319 e. The van der Waals surface area contributed by atoms with Crippen molar-refractivity contribution >= 4 is 27.6 Å². The molecule has 40 heavy (non-hydrogen) atoms. The molecular formula is C31H36FN7O. The number of hydrogen-bond donors (Lipinski definition) is 1. The first kappa shape index (κ1) is 24.5. The minimum Gasteiger partial charge on any atom is -0.461 e. The molecule has 4 aliphatic rings. The highest BCUT2D eigenvalue weighted by Crippen LogP contribution is 2.40. The topological polar surface area (TPSA) is 71.3 Å². The fraction of sp³-hybridized carbons (Fsp3) is 0.516. The number of para-hydroxylation sites is 1. The van der Waals surface area contributed by atoms with Crippen molar-refractivity contribution in [2.75, 3.05) is 37.7 Å². The molecule has 4 aliphatic heterocycles. The number of nitrogens with zero attached hydrogens (tertiary/aromatic N) is 6. The molecule has 7 heterocycles. The fourth-order valence-corrected chi connectivity index (χ4v) is 7.86. The molecule has 4 aromatic rings. The second-order valence-corrected chi connectivity index (χ2v) is 12.1. The largest absolute Gasteiger partial charge is 0.461 e. The van der Waals surface area contributed by atoms with Gasteiger partial charge in [-0.1, -0.05) is 18.2 Å². The number of hydrogen-bond acceptors (Lipinski definition) is 7. The standard InChI is InChI=1S/C31H36FN7O/c1-2-37-15-10-20-6-3-7-23(28(20)37)26-25(32)27-24(16-33-26)29(38-17-21-8-9-22(18-38)34-21)36-30(35-27)40-19-31-11-4-13-39(31)14-5-12-31/h3,6-7,10,15-16,21-22,34H,2,4-5,8-9,11-14,17-19H2,1H3. The third-order valence-corrected chi connectivity index (χ3v) is 9.83. The summed E-state index contributed by atoms with van der Waals surface area (Å²) in [5, 5.41) is 5.41. The van der Waals surface area contributed by atoms with Crippen LogP contribution in [0.1, 0.15) is 45.4 Å². The summed E-state index contributed by atoms with van der Waals surface area (Å²) in [4.78, 5) is 19.2. The van der Waals surface area contributed by atoms with Crippen molar-refractivity contribution in [1.29, 1.82) is 0 Å². The maximum Gasteiger partial charge on any atom is 0.319 e. The number of benzene rings is 1. The van der Waals surface area contributed by atoms with E-state index in [-0.39, 0.29) is 17.1 Å². The van der Waals surface area contributed by atoms with E-state index < -0.39 is 5.82 Å². The predicted octanol–water partition coefficient (Wildman–Crippen LogP) is 4.75. The first-order chi connectivity index (χ1) is 19.6. The Morgan fingerprint density at radius 1 is 1.07 bits per heavy atom. The Labute approximate surface area is 233 Å². The number of aromatic nitrogens is 4. The number of halogens is 1. The first-order valence-electron chi connectivity index (χ1n) is 15.0. The van der Waals surface area contributed by atoms with Crippen molar-refractivity contribution < 1.29 is 9.13 Å². The number of aryl methyl sites for hydroxylation is 1. The monoisotopic (exact) mass is 541 g/mol. The minimum absolute atomic E-state index is 0.0653. The third-order valence-electron chi connectivity index (χ3n) is 9.83. The molecule has 3 aromatic heterocycles. The number of anilines is 1. The Kier molecular flexibility index (Phi) is 5.74. The lowest BCUT2D eigenvalue weighted by Crippen LogP contribution is -2.51. The Hall–Kier alpha value is -3.30. The zero-order valence-corrected chi connectivity index (χ0v) is 23.1. The molecule has 1 N–H and O–H groups in total. The van der Waals surface area contributed by atoms with Crippen LogP contribution < -0.4 is 15.0 Å². The van der Waals surface area contributed by atoms with Crippen molar-refractivity contribution in [3.63, 3.8) is 0 Å². The van der Waals surface area contributed by atoms with Crippen LogP contribution in [0.2, 0.25) is 0 Å². The van der Waals surface area contributed by atoms with Gasteiger partial charge in [0.2, 0.25) is 0 Å². The Bertz CT molecular complexity index is 1580. The average molecular weight is 542 g/mol. The van der Waals surface area contributed by atoms with Gasteiger partial charge in [-0.2, -0.15) is 9.97 Å². The lowest BCUT2D eigenvalue weighted by Gasteiger charge is -2.34. The highest BCUT2D eigenvalue weighted by Gasteiger charge is 2.45. The summed E-state index contributed by atoms with van der Waals surface area (Å²) in [5.41, 5.74) is 2.43. The summed E-state index contributed by atoms with van der Waals surface area (Å²) in [5.74, 6) is 0.320. The highest BCUT2D eigenvalue weighted by atomic mass is 19.1. The first-order valence-corrected chi connectivity index (χ1v) is 15.0. The average Bonchev–Trinajstić information content (AvgIpc) is 3.75. The van der Waals surface area contributed by atoms with Crippen molar-refractivity contribution in [2.24, 2.45) is 0 Å². The van der Waals surface area contributed by atoms with Crippen molar-refractivity contribution in [3.8, 4) is 17.3 Å². The number of nitrogens with one attached hydrogen (secondary N) is 1. The lowest BCUT2D eigenvalue weighted by molar-refractivity contribution is 0.108. The third kappa shape index (κ3) is 3.81. The summed E-state index contributed by atoms with van der Waals surface area (Å²) in [6.07, 6.45) is 10.8. The molecule has 8 nitrogen and oxygen atoms in total. The number of fused-ring (bicyclic) bond motifs is 5. The molecule has 2 bridgehead atoms. The quantitative estimate of drug-likeness (QED) is 0.378. The molecule has 0 aliphatic carbocycles. The van der Waals surface area contributed by atoms with E-state index in [9.17, 15) is 0 Å². The van der Waals surface area contributed by atoms with Crippen LogP contribution in [0.5, 0.6) is 6.01 Å². The lowest BCUT2D eigenvalue weighted by atomic mass is 9.95. The molecule has 9 heteroatoms. The van der Waals surface area contributed by atoms with Gasteiger partial charge in [0.1, 0.15) is 23.6 Å². The summed E-state index contributed by atoms with van der Waals surface area (Å²) in [7, 11) is 0. The molecule has 0 saturated carbocycles. The Balaban J connectivity index is 1.25. The number of ether oxygens (including phenoxy) is 1. The van der Waals surface area contributed by atoms with Gasteiger partial charge in [-0.25, -0.2) is 4.39 Å². The second-order valence-electron chi connectivity index (χ2n) is 12.1. The molecular weight excluding hydrogens is 505 g/mol. The van der Waals surface area contributed by atoms with Crippen LogP contribution >= 0.6 is 0 Å². The van der Waals surface area contributed by atoms with Crippen LogP contribution in [0.3, 0.4) is 0 Å². The normalized spacial score (nSPS) is 23.9. The van der Waals surface area contributed by atoms with Crippen LogP contribution in [0, 0.1) is 5.82 Å². The molecule has 4 fully saturated rings. The van der Waals surface area contributed by atoms with E-state index in [4.69, 9.17) is 19.7 Å². The molecule has 0 radical (unpaired) electrons. The number of pyridine rings is 1. The van der Waals surface area contributed by atoms with Crippen LogP contribution in [0.15, 0.2) is 36.7 Å². The van der Waals surface area contributed by atoms with Crippen LogP contribution in [-0.2, 0) is 6.54 Å². The van der Waals surface area contributed by atoms with Gasteiger partial charge in [0.15, 0.2) is 5.82 Å². The van der Waals surface area contributed by atoms with E-state index in [2.05, 4.69) is 38.7 Å². The summed E-state index contributed by atoms with van der Waals surface area (Å²) < 4.78 is 25.2. The van der Waals surface area contributed by atoms with Crippen LogP contribution in [0.25, 0.3) is 33.1 Å². The van der Waals surface area contributed by atoms with E-state index in [0.29, 0.717) is 29.8 Å². The second kappa shape index (κ2) is 9.38. The molecule has 0 spiro atoms. The summed E-state index contributed by atoms with van der Waals surface area (Å²) in [6, 6.07) is 9.17. The van der Waals surface area contributed by atoms with Crippen LogP contribution in [-0.4, -0.2) is 74.8 Å². The predicted molar refractivity (Wildman–Crippen MR) is 154 cm³/mol. The Morgan fingerprint density at radius 3 is 2.65 bits per heavy atom. The van der Waals surface area contributed by atoms with E-state index in [1.54, 1.807) is 6.20 Å². The summed E-state index contributed by atoms with van der Waals surface area (Å²) >= 11 is 0. The summed E-state index contributed by atoms with van der Waals surface area (Å²) in [6.45, 7) is 7.38. The van der Waals surface area contributed by atoms with Crippen LogP contribution in [0.4, 0.5) is 10.2 Å². The SMILES string of the molecule is CCn1ccc2cccc(-c3ncc4c(N5CC6CCC(C5)N6)nc(OCC56CCCN5CCC6)nc4c3F)c21. The molecule has 4 saturated heterocycles. The van der Waals surface area contributed by atoms with Gasteiger partial charge >= 0.3 is 6.01 Å². The number of rotatable bonds is 6. The molecule has 2 atom stereocenters. The van der Waals surface area contributed by atoms with E-state index in [1.165, 1.54) is 12.8 Å². The fourth-order valence-electron chi connectivity index (χ4n) is 7.86. The van der Waals surface area contributed by atoms with Crippen molar-refractivity contribution in [2.45, 2.75) is 69.6 Å². The van der Waals surface area contributed by atoms with Gasteiger partial charge in [-0.05, 0) is 64.6 Å². The van der Waals surface area contributed by atoms with Gasteiger partial charge < -0.3 is 19.5 Å². The number of piperazine rings is 1.